The van der Waals surface area contributed by atoms with Crippen LogP contribution in [0.15, 0.2) is 6.07 Å². The van der Waals surface area contributed by atoms with E-state index in [1.54, 1.807) is 4.90 Å². The number of halogens is 2. The molecule has 1 aromatic rings. The first-order chi connectivity index (χ1) is 9.50. The molecule has 2 aliphatic rings. The molecule has 1 unspecified atom stereocenters. The van der Waals surface area contributed by atoms with Crippen molar-refractivity contribution in [2.45, 2.75) is 6.42 Å². The van der Waals surface area contributed by atoms with E-state index >= 15 is 0 Å². The van der Waals surface area contributed by atoms with Gasteiger partial charge in [-0.1, -0.05) is 0 Å². The Labute approximate surface area is 112 Å². The SMILES string of the molecule is O=C(O)C1CN2CCCOc3c(F)c(F)cc(c32)C1=O. The number of carboxylic acids is 1. The second-order valence-electron chi connectivity index (χ2n) is 4.80. The zero-order valence-electron chi connectivity index (χ0n) is 10.4. The number of Topliss-reactive ketones (excluding diaryl/α,β-unsaturated/α-hetero) is 1. The quantitative estimate of drug-likeness (QED) is 0.790. The third-order valence-corrected chi connectivity index (χ3v) is 3.57. The van der Waals surface area contributed by atoms with Crippen LogP contribution in [-0.2, 0) is 4.79 Å². The van der Waals surface area contributed by atoms with Gasteiger partial charge in [0, 0.05) is 18.7 Å². The molecule has 0 spiro atoms. The van der Waals surface area contributed by atoms with Crippen molar-refractivity contribution in [1.82, 2.24) is 0 Å². The van der Waals surface area contributed by atoms with Crippen LogP contribution in [0.5, 0.6) is 5.75 Å². The van der Waals surface area contributed by atoms with E-state index in [0.717, 1.165) is 6.07 Å². The number of carboxylic acid groups (broad SMARTS) is 1. The van der Waals surface area contributed by atoms with Gasteiger partial charge in [0.15, 0.2) is 17.3 Å². The molecule has 0 bridgehead atoms. The zero-order valence-corrected chi connectivity index (χ0v) is 10.4. The third-order valence-electron chi connectivity index (χ3n) is 3.57. The van der Waals surface area contributed by atoms with Gasteiger partial charge >= 0.3 is 5.97 Å². The van der Waals surface area contributed by atoms with Crippen molar-refractivity contribution in [1.29, 1.82) is 0 Å². The third kappa shape index (κ3) is 1.73. The van der Waals surface area contributed by atoms with Crippen LogP contribution in [0.1, 0.15) is 16.8 Å². The maximum Gasteiger partial charge on any atom is 0.316 e. The number of nitrogens with zero attached hydrogens (tertiary/aromatic N) is 1. The molecule has 0 saturated heterocycles. The smallest absolute Gasteiger partial charge is 0.316 e. The minimum absolute atomic E-state index is 0.0530. The predicted octanol–water partition coefficient (Wildman–Crippen LogP) is 1.45. The summed E-state index contributed by atoms with van der Waals surface area (Å²) in [6, 6.07) is 0.757. The number of hydrogen-bond donors (Lipinski definition) is 1. The van der Waals surface area contributed by atoms with Crippen LogP contribution in [0.25, 0.3) is 0 Å². The summed E-state index contributed by atoms with van der Waals surface area (Å²) >= 11 is 0. The van der Waals surface area contributed by atoms with Crippen LogP contribution in [-0.4, -0.2) is 36.6 Å². The van der Waals surface area contributed by atoms with Crippen LogP contribution in [0.4, 0.5) is 14.5 Å². The van der Waals surface area contributed by atoms with Crippen molar-refractivity contribution in [3.8, 4) is 5.75 Å². The number of aliphatic carboxylic acids is 1. The molecule has 0 radical (unpaired) electrons. The summed E-state index contributed by atoms with van der Waals surface area (Å²) in [4.78, 5) is 24.8. The molecule has 1 atom stereocenters. The second kappa shape index (κ2) is 4.43. The van der Waals surface area contributed by atoms with Crippen LogP contribution < -0.4 is 9.64 Å². The Morgan fingerprint density at radius 1 is 1.45 bits per heavy atom. The molecule has 20 heavy (non-hydrogen) atoms. The average Bonchev–Trinajstić information content (AvgIpc) is 2.61. The van der Waals surface area contributed by atoms with Gasteiger partial charge in [-0.3, -0.25) is 9.59 Å². The fourth-order valence-electron chi connectivity index (χ4n) is 2.63. The van der Waals surface area contributed by atoms with E-state index < -0.39 is 29.3 Å². The molecule has 0 aliphatic carbocycles. The van der Waals surface area contributed by atoms with Crippen LogP contribution >= 0.6 is 0 Å². The summed E-state index contributed by atoms with van der Waals surface area (Å²) in [5.41, 5.74) is 0.0448. The molecule has 0 saturated carbocycles. The summed E-state index contributed by atoms with van der Waals surface area (Å²) in [5.74, 6) is -5.89. The van der Waals surface area contributed by atoms with Crippen LogP contribution in [0.2, 0.25) is 0 Å². The van der Waals surface area contributed by atoms with Gasteiger partial charge in [0.25, 0.3) is 0 Å². The highest BCUT2D eigenvalue weighted by atomic mass is 19.2. The average molecular weight is 283 g/mol. The molecule has 1 N–H and O–H groups in total. The van der Waals surface area contributed by atoms with Crippen molar-refractivity contribution in [2.24, 2.45) is 5.92 Å². The molecule has 0 fully saturated rings. The Kier molecular flexibility index (Phi) is 2.84. The number of ketones is 1. The van der Waals surface area contributed by atoms with E-state index in [-0.39, 0.29) is 30.2 Å². The molecule has 3 rings (SSSR count). The van der Waals surface area contributed by atoms with Gasteiger partial charge in [0.1, 0.15) is 5.92 Å². The minimum atomic E-state index is -1.27. The van der Waals surface area contributed by atoms with E-state index in [1.807, 2.05) is 0 Å². The maximum absolute atomic E-state index is 13.8. The summed E-state index contributed by atoms with van der Waals surface area (Å²) in [7, 11) is 0. The number of anilines is 1. The first kappa shape index (κ1) is 12.8. The lowest BCUT2D eigenvalue weighted by molar-refractivity contribution is -0.139. The Bertz CT molecular complexity index is 617. The Balaban J connectivity index is 2.24. The Morgan fingerprint density at radius 2 is 2.20 bits per heavy atom. The molecule has 2 aliphatic heterocycles. The van der Waals surface area contributed by atoms with E-state index in [9.17, 15) is 18.4 Å². The summed E-state index contributed by atoms with van der Waals surface area (Å²) < 4.78 is 32.6. The number of hydrogen-bond acceptors (Lipinski definition) is 4. The van der Waals surface area contributed by atoms with Crippen molar-refractivity contribution in [3.63, 3.8) is 0 Å². The predicted molar refractivity (Wildman–Crippen MR) is 64.1 cm³/mol. The molecule has 5 nitrogen and oxygen atoms in total. The first-order valence-electron chi connectivity index (χ1n) is 6.17. The summed E-state index contributed by atoms with van der Waals surface area (Å²) in [6.45, 7) is 0.569. The van der Waals surface area contributed by atoms with Crippen molar-refractivity contribution >= 4 is 17.4 Å². The number of rotatable bonds is 1. The molecule has 0 amide bonds. The lowest BCUT2D eigenvalue weighted by atomic mass is 9.90. The molecular formula is C13H11F2NO4. The monoisotopic (exact) mass is 283 g/mol. The Morgan fingerprint density at radius 3 is 2.90 bits per heavy atom. The van der Waals surface area contributed by atoms with Crippen LogP contribution in [0, 0.1) is 17.6 Å². The van der Waals surface area contributed by atoms with E-state index in [0.29, 0.717) is 13.0 Å². The minimum Gasteiger partial charge on any atom is -0.488 e. The number of carbonyl (C=O) groups excluding carboxylic acids is 1. The Hall–Kier alpha value is -2.18. The standard InChI is InChI=1S/C13H11F2NO4/c14-8-4-6-10-12(9(8)15)20-3-1-2-16(10)5-7(11(6)17)13(18)19/h4,7H,1-3,5H2,(H,18,19). The number of benzene rings is 1. The molecule has 0 aromatic heterocycles. The van der Waals surface area contributed by atoms with Crippen LogP contribution in [0.3, 0.4) is 0 Å². The fourth-order valence-corrected chi connectivity index (χ4v) is 2.63. The van der Waals surface area contributed by atoms with E-state index in [4.69, 9.17) is 9.84 Å². The van der Waals surface area contributed by atoms with Gasteiger partial charge in [-0.25, -0.2) is 4.39 Å². The topological polar surface area (TPSA) is 66.8 Å². The second-order valence-corrected chi connectivity index (χ2v) is 4.80. The maximum atomic E-state index is 13.8. The van der Waals surface area contributed by atoms with Crippen molar-refractivity contribution < 1.29 is 28.2 Å². The normalized spacial score (nSPS) is 21.0. The highest BCUT2D eigenvalue weighted by molar-refractivity contribution is 6.14. The van der Waals surface area contributed by atoms with Crippen molar-refractivity contribution in [2.75, 3.05) is 24.6 Å². The highest BCUT2D eigenvalue weighted by Crippen LogP contribution is 2.42. The first-order valence-corrected chi connectivity index (χ1v) is 6.17. The fraction of sp³-hybridized carbons (Fsp3) is 0.385. The van der Waals surface area contributed by atoms with E-state index in [1.165, 1.54) is 0 Å². The lowest BCUT2D eigenvalue weighted by Gasteiger charge is -2.33. The molecule has 1 aromatic carbocycles. The molecule has 106 valence electrons. The van der Waals surface area contributed by atoms with Gasteiger partial charge in [0.05, 0.1) is 12.3 Å². The van der Waals surface area contributed by atoms with Crippen molar-refractivity contribution in [3.05, 3.63) is 23.3 Å². The molecular weight excluding hydrogens is 272 g/mol. The number of carbonyl (C=O) groups is 2. The number of ether oxygens (including phenoxy) is 1. The molecule has 7 heteroatoms. The van der Waals surface area contributed by atoms with Gasteiger partial charge in [-0.2, -0.15) is 4.39 Å². The van der Waals surface area contributed by atoms with Gasteiger partial charge in [-0.15, -0.1) is 0 Å². The van der Waals surface area contributed by atoms with E-state index in [2.05, 4.69) is 0 Å². The van der Waals surface area contributed by atoms with Gasteiger partial charge in [0.2, 0.25) is 5.82 Å². The molecule has 2 heterocycles. The lowest BCUT2D eigenvalue weighted by Crippen LogP contribution is -2.43. The van der Waals surface area contributed by atoms with Gasteiger partial charge in [-0.05, 0) is 12.5 Å². The summed E-state index contributed by atoms with van der Waals surface area (Å²) in [6.07, 6.45) is 0.537. The van der Waals surface area contributed by atoms with Gasteiger partial charge < -0.3 is 14.7 Å². The highest BCUT2D eigenvalue weighted by Gasteiger charge is 2.40. The zero-order chi connectivity index (χ0) is 14.4. The summed E-state index contributed by atoms with van der Waals surface area (Å²) in [5, 5.41) is 9.08. The largest absolute Gasteiger partial charge is 0.488 e.